The van der Waals surface area contributed by atoms with Crippen molar-refractivity contribution in [3.05, 3.63) is 77.2 Å². The van der Waals surface area contributed by atoms with E-state index in [9.17, 15) is 4.79 Å². The number of ether oxygens (including phenoxy) is 1. The number of fused-ring (bicyclic) bond motifs is 1. The van der Waals surface area contributed by atoms with Crippen molar-refractivity contribution >= 4 is 40.2 Å². The van der Waals surface area contributed by atoms with Crippen LogP contribution in [0.5, 0.6) is 5.75 Å². The normalized spacial score (nSPS) is 24.4. The maximum absolute atomic E-state index is 13.8. The monoisotopic (exact) mass is 458 g/mol. The SMILES string of the molecule is COc1ccc(/C=C2\SC(Nc3ccccc3)N([C@@H]3CCCC[C@@H]3C)C2=O)c2ccccc12. The second-order valence-electron chi connectivity index (χ2n) is 8.93. The molecule has 1 saturated carbocycles. The summed E-state index contributed by atoms with van der Waals surface area (Å²) in [5.74, 6) is 1.48. The van der Waals surface area contributed by atoms with Crippen LogP contribution < -0.4 is 10.1 Å². The molecule has 0 spiro atoms. The van der Waals surface area contributed by atoms with Crippen LogP contribution in [0.1, 0.15) is 38.2 Å². The van der Waals surface area contributed by atoms with Crippen molar-refractivity contribution in [3.8, 4) is 5.75 Å². The smallest absolute Gasteiger partial charge is 0.262 e. The van der Waals surface area contributed by atoms with E-state index in [1.165, 1.54) is 19.3 Å². The minimum Gasteiger partial charge on any atom is -0.496 e. The molecule has 1 N–H and O–H groups in total. The molecule has 0 radical (unpaired) electrons. The van der Waals surface area contributed by atoms with Crippen molar-refractivity contribution in [2.75, 3.05) is 12.4 Å². The van der Waals surface area contributed by atoms with Crippen LogP contribution in [0.2, 0.25) is 0 Å². The lowest BCUT2D eigenvalue weighted by Gasteiger charge is -2.39. The number of anilines is 1. The highest BCUT2D eigenvalue weighted by atomic mass is 32.2. The highest BCUT2D eigenvalue weighted by Crippen LogP contribution is 2.43. The zero-order valence-corrected chi connectivity index (χ0v) is 20.0. The lowest BCUT2D eigenvalue weighted by atomic mass is 9.85. The number of hydrogen-bond acceptors (Lipinski definition) is 4. The summed E-state index contributed by atoms with van der Waals surface area (Å²) in [5, 5.41) is 5.77. The van der Waals surface area contributed by atoms with Crippen molar-refractivity contribution in [3.63, 3.8) is 0 Å². The van der Waals surface area contributed by atoms with Crippen LogP contribution in [0.3, 0.4) is 0 Å². The summed E-state index contributed by atoms with van der Waals surface area (Å²) in [6.07, 6.45) is 6.74. The fourth-order valence-corrected chi connectivity index (χ4v) is 6.31. The molecular weight excluding hydrogens is 428 g/mol. The maximum Gasteiger partial charge on any atom is 0.262 e. The van der Waals surface area contributed by atoms with Gasteiger partial charge in [-0.3, -0.25) is 4.79 Å². The summed E-state index contributed by atoms with van der Waals surface area (Å²) in [7, 11) is 1.69. The first-order chi connectivity index (χ1) is 16.2. The summed E-state index contributed by atoms with van der Waals surface area (Å²) >= 11 is 1.63. The highest BCUT2D eigenvalue weighted by molar-refractivity contribution is 8.05. The van der Waals surface area contributed by atoms with Crippen molar-refractivity contribution in [2.45, 2.75) is 44.1 Å². The molecule has 3 atom stereocenters. The van der Waals surface area contributed by atoms with Gasteiger partial charge in [0.15, 0.2) is 5.50 Å². The molecule has 1 saturated heterocycles. The molecule has 1 amide bonds. The van der Waals surface area contributed by atoms with E-state index in [0.717, 1.165) is 39.1 Å². The van der Waals surface area contributed by atoms with E-state index in [2.05, 4.69) is 47.5 Å². The van der Waals surface area contributed by atoms with Gasteiger partial charge in [-0.2, -0.15) is 0 Å². The van der Waals surface area contributed by atoms with Crippen molar-refractivity contribution in [1.82, 2.24) is 4.90 Å². The number of amides is 1. The van der Waals surface area contributed by atoms with Gasteiger partial charge in [0.2, 0.25) is 0 Å². The van der Waals surface area contributed by atoms with Crippen LogP contribution in [-0.2, 0) is 4.79 Å². The molecule has 4 nitrogen and oxygen atoms in total. The van der Waals surface area contributed by atoms with Crippen molar-refractivity contribution < 1.29 is 9.53 Å². The molecule has 3 aromatic carbocycles. The van der Waals surface area contributed by atoms with Gasteiger partial charge in [0.1, 0.15) is 5.75 Å². The van der Waals surface area contributed by atoms with Gasteiger partial charge in [-0.25, -0.2) is 0 Å². The number of nitrogens with one attached hydrogen (secondary N) is 1. The fraction of sp³-hybridized carbons (Fsp3) is 0.321. The zero-order chi connectivity index (χ0) is 22.8. The molecule has 0 bridgehead atoms. The van der Waals surface area contributed by atoms with E-state index >= 15 is 0 Å². The molecule has 2 aliphatic rings. The Kier molecular flexibility index (Phi) is 6.32. The number of para-hydroxylation sites is 1. The lowest BCUT2D eigenvalue weighted by Crippen LogP contribution is -2.48. The van der Waals surface area contributed by atoms with Crippen LogP contribution >= 0.6 is 11.8 Å². The Bertz CT molecular complexity index is 1180. The second kappa shape index (κ2) is 9.52. The van der Waals surface area contributed by atoms with Crippen LogP contribution in [0.25, 0.3) is 16.8 Å². The van der Waals surface area contributed by atoms with Crippen molar-refractivity contribution in [1.29, 1.82) is 0 Å². The van der Waals surface area contributed by atoms with Crippen LogP contribution in [-0.4, -0.2) is 29.5 Å². The summed E-state index contributed by atoms with van der Waals surface area (Å²) in [5.41, 5.74) is 1.97. The average Bonchev–Trinajstić information content (AvgIpc) is 3.14. The third kappa shape index (κ3) is 4.34. The Balaban J connectivity index is 1.53. The molecule has 5 rings (SSSR count). The quantitative estimate of drug-likeness (QED) is 0.430. The Morgan fingerprint density at radius 1 is 0.970 bits per heavy atom. The average molecular weight is 459 g/mol. The van der Waals surface area contributed by atoms with E-state index in [1.807, 2.05) is 42.5 Å². The number of carbonyl (C=O) groups is 1. The van der Waals surface area contributed by atoms with E-state index in [0.29, 0.717) is 5.92 Å². The first kappa shape index (κ1) is 21.9. The largest absolute Gasteiger partial charge is 0.496 e. The lowest BCUT2D eigenvalue weighted by molar-refractivity contribution is -0.129. The molecule has 1 aliphatic heterocycles. The maximum atomic E-state index is 13.8. The van der Waals surface area contributed by atoms with E-state index < -0.39 is 0 Å². The number of thioether (sulfide) groups is 1. The predicted octanol–water partition coefficient (Wildman–Crippen LogP) is 6.74. The number of rotatable bonds is 5. The molecule has 3 aromatic rings. The van der Waals surface area contributed by atoms with E-state index in [1.54, 1.807) is 18.9 Å². The molecule has 1 heterocycles. The summed E-state index contributed by atoms with van der Waals surface area (Å²) in [4.78, 5) is 16.7. The van der Waals surface area contributed by atoms with Crippen LogP contribution in [0.4, 0.5) is 5.69 Å². The second-order valence-corrected chi connectivity index (χ2v) is 10.1. The predicted molar refractivity (Wildman–Crippen MR) is 138 cm³/mol. The topological polar surface area (TPSA) is 41.6 Å². The Hall–Kier alpha value is -2.92. The molecule has 2 fully saturated rings. The first-order valence-electron chi connectivity index (χ1n) is 11.7. The van der Waals surface area contributed by atoms with Gasteiger partial charge in [-0.1, -0.05) is 80.1 Å². The van der Waals surface area contributed by atoms with E-state index in [-0.39, 0.29) is 17.4 Å². The van der Waals surface area contributed by atoms with Crippen LogP contribution in [0, 0.1) is 5.92 Å². The van der Waals surface area contributed by atoms with Crippen molar-refractivity contribution in [2.24, 2.45) is 5.92 Å². The van der Waals surface area contributed by atoms with Gasteiger partial charge in [0.25, 0.3) is 5.91 Å². The van der Waals surface area contributed by atoms with E-state index in [4.69, 9.17) is 4.74 Å². The molecule has 0 aromatic heterocycles. The molecule has 1 aliphatic carbocycles. The molecule has 33 heavy (non-hydrogen) atoms. The molecule has 170 valence electrons. The van der Waals surface area contributed by atoms with Gasteiger partial charge >= 0.3 is 0 Å². The summed E-state index contributed by atoms with van der Waals surface area (Å²) in [6.45, 7) is 2.29. The third-order valence-electron chi connectivity index (χ3n) is 6.85. The van der Waals surface area contributed by atoms with Gasteiger partial charge in [-0.05, 0) is 54.0 Å². The standard InChI is InChI=1S/C28H30N2O2S/c1-19-10-6-9-15-24(19)30-27(31)26(33-28(30)29-21-11-4-3-5-12-21)18-20-16-17-25(32-2)23-14-8-7-13-22(20)23/h3-5,7-8,11-14,16-19,24,28-29H,6,9-10,15H2,1-2H3/b26-18-/t19-,24+,28?/m0/s1. The highest BCUT2D eigenvalue weighted by Gasteiger charge is 2.42. The Morgan fingerprint density at radius 3 is 2.45 bits per heavy atom. The molecule has 5 heteroatoms. The number of hydrogen-bond donors (Lipinski definition) is 1. The number of benzene rings is 3. The minimum atomic E-state index is -0.110. The van der Waals surface area contributed by atoms with Gasteiger partial charge < -0.3 is 15.0 Å². The number of carbonyl (C=O) groups excluding carboxylic acids is 1. The third-order valence-corrected chi connectivity index (χ3v) is 7.96. The molecule has 1 unspecified atom stereocenters. The molecular formula is C28H30N2O2S. The number of methoxy groups -OCH3 is 1. The first-order valence-corrected chi connectivity index (χ1v) is 12.6. The Labute approximate surface area is 200 Å². The summed E-state index contributed by atoms with van der Waals surface area (Å²) < 4.78 is 5.55. The zero-order valence-electron chi connectivity index (χ0n) is 19.2. The van der Waals surface area contributed by atoms with Crippen LogP contribution in [0.15, 0.2) is 71.6 Å². The fourth-order valence-electron chi connectivity index (χ4n) is 5.11. The van der Waals surface area contributed by atoms with Gasteiger partial charge in [-0.15, -0.1) is 0 Å². The van der Waals surface area contributed by atoms with Gasteiger partial charge in [0, 0.05) is 17.1 Å². The van der Waals surface area contributed by atoms with Gasteiger partial charge in [0.05, 0.1) is 12.0 Å². The minimum absolute atomic E-state index is 0.110. The Morgan fingerprint density at radius 2 is 1.70 bits per heavy atom. The number of nitrogens with zero attached hydrogens (tertiary/aromatic N) is 1. The summed E-state index contributed by atoms with van der Waals surface area (Å²) in [6, 6.07) is 22.7.